The number of unbranched alkanes of at least 4 members (excludes halogenated alkanes) is 15. The first-order chi connectivity index (χ1) is 27.6. The van der Waals surface area contributed by atoms with Gasteiger partial charge in [-0.15, -0.1) is 0 Å². The van der Waals surface area contributed by atoms with Gasteiger partial charge in [-0.05, 0) is 57.8 Å². The van der Waals surface area contributed by atoms with Crippen LogP contribution in [0.4, 0.5) is 0 Å². The second-order valence-electron chi connectivity index (χ2n) is 17.1. The Hall–Kier alpha value is -2.62. The molecule has 0 fully saturated rings. The van der Waals surface area contributed by atoms with Crippen LogP contribution in [0.2, 0.25) is 0 Å². The Labute approximate surface area is 353 Å². The van der Waals surface area contributed by atoms with Gasteiger partial charge in [0.05, 0.1) is 29.1 Å². The topological polar surface area (TPSA) is 150 Å². The van der Waals surface area contributed by atoms with Gasteiger partial charge in [-0.3, -0.25) is 24.0 Å². The normalized spacial score (nSPS) is 12.3. The molecule has 1 N–H and O–H groups in total. The number of hydrogen-bond acceptors (Lipinski definition) is 10. The van der Waals surface area contributed by atoms with Gasteiger partial charge in [0.15, 0.2) is 5.60 Å². The molecule has 0 aromatic carbocycles. The molecule has 0 radical (unpaired) electrons. The molecule has 10 heteroatoms. The number of rotatable bonds is 35. The molecule has 0 atom stereocenters. The molecule has 0 rings (SSSR count). The molecule has 0 saturated carbocycles. The summed E-state index contributed by atoms with van der Waals surface area (Å²) >= 11 is 0. The van der Waals surface area contributed by atoms with Crippen molar-refractivity contribution in [1.29, 1.82) is 0 Å². The van der Waals surface area contributed by atoms with Crippen molar-refractivity contribution in [3.8, 4) is 0 Å². The molecule has 0 saturated heterocycles. The first kappa shape index (κ1) is 55.4. The van der Waals surface area contributed by atoms with E-state index < -0.39 is 70.5 Å². The molecule has 0 unspecified atom stereocenters. The van der Waals surface area contributed by atoms with Gasteiger partial charge in [0.25, 0.3) is 0 Å². The third-order valence-corrected chi connectivity index (χ3v) is 13.2. The fourth-order valence-corrected chi connectivity index (χ4v) is 8.18. The molecule has 0 aliphatic rings. The molecular formula is C48H86O10. The van der Waals surface area contributed by atoms with E-state index in [2.05, 4.69) is 20.8 Å². The van der Waals surface area contributed by atoms with Crippen LogP contribution in [0.25, 0.3) is 0 Å². The summed E-state index contributed by atoms with van der Waals surface area (Å²) in [6, 6.07) is 0. The van der Waals surface area contributed by atoms with Gasteiger partial charge < -0.3 is 19.3 Å². The quantitative estimate of drug-likeness (QED) is 0.0283. The molecule has 0 spiro atoms. The van der Waals surface area contributed by atoms with Crippen molar-refractivity contribution in [3.05, 3.63) is 0 Å². The van der Waals surface area contributed by atoms with E-state index >= 15 is 0 Å². The highest BCUT2D eigenvalue weighted by Crippen LogP contribution is 2.38. The van der Waals surface area contributed by atoms with Crippen LogP contribution in [0.3, 0.4) is 0 Å². The van der Waals surface area contributed by atoms with Crippen molar-refractivity contribution in [2.24, 2.45) is 16.2 Å². The maximum absolute atomic E-state index is 13.9. The van der Waals surface area contributed by atoms with E-state index in [1.165, 1.54) is 0 Å². The minimum atomic E-state index is -2.95. The molecule has 0 bridgehead atoms. The summed E-state index contributed by atoms with van der Waals surface area (Å²) in [5, 5.41) is 11.9. The van der Waals surface area contributed by atoms with Crippen molar-refractivity contribution >= 4 is 35.8 Å². The van der Waals surface area contributed by atoms with Crippen molar-refractivity contribution in [2.45, 2.75) is 254 Å². The van der Waals surface area contributed by atoms with Crippen molar-refractivity contribution < 1.29 is 48.1 Å². The van der Waals surface area contributed by atoms with Crippen LogP contribution < -0.4 is 0 Å². The summed E-state index contributed by atoms with van der Waals surface area (Å²) in [7, 11) is 0. The summed E-state index contributed by atoms with van der Waals surface area (Å²) in [4.78, 5) is 81.9. The van der Waals surface area contributed by atoms with Gasteiger partial charge in [0.1, 0.15) is 0 Å². The number of carbonyl (C=O) groups is 6. The van der Waals surface area contributed by atoms with Crippen LogP contribution in [-0.2, 0) is 43.0 Å². The van der Waals surface area contributed by atoms with Gasteiger partial charge >= 0.3 is 35.8 Å². The standard InChI is InChI=1S/C48H86O10/c1-10-19-22-25-28-31-34-45(13-4,14-5)41(51)56-39(49)37-48(55,44(54)58-43(53)47(17-8,18-9)36-33-30-27-24-21-12-3)38-40(50)57-42(52)46(15-6,16-7)35-32-29-26-23-20-11-2/h55H,10-38H2,1-9H3. The fourth-order valence-electron chi connectivity index (χ4n) is 8.18. The van der Waals surface area contributed by atoms with Crippen molar-refractivity contribution in [2.75, 3.05) is 0 Å². The zero-order valence-electron chi connectivity index (χ0n) is 38.6. The summed E-state index contributed by atoms with van der Waals surface area (Å²) < 4.78 is 16.0. The molecule has 10 nitrogen and oxygen atoms in total. The number of carbonyl (C=O) groups excluding carboxylic acids is 6. The lowest BCUT2D eigenvalue weighted by atomic mass is 9.77. The third kappa shape index (κ3) is 18.8. The van der Waals surface area contributed by atoms with Gasteiger partial charge in [-0.25, -0.2) is 4.79 Å². The number of esters is 6. The minimum absolute atomic E-state index is 0.375. The summed E-state index contributed by atoms with van der Waals surface area (Å²) in [6.45, 7) is 17.5. The van der Waals surface area contributed by atoms with Gasteiger partial charge in [0, 0.05) is 0 Å². The van der Waals surface area contributed by atoms with Crippen LogP contribution in [0, 0.1) is 16.2 Å². The Morgan fingerprint density at radius 3 is 0.845 bits per heavy atom. The lowest BCUT2D eigenvalue weighted by Crippen LogP contribution is -2.48. The Bertz CT molecular complexity index is 1130. The monoisotopic (exact) mass is 823 g/mol. The highest BCUT2D eigenvalue weighted by atomic mass is 16.6. The molecule has 0 aromatic heterocycles. The van der Waals surface area contributed by atoms with E-state index in [1.807, 2.05) is 41.5 Å². The average Bonchev–Trinajstić information content (AvgIpc) is 3.20. The highest BCUT2D eigenvalue weighted by molar-refractivity contribution is 5.99. The largest absolute Gasteiger partial charge is 0.393 e. The fraction of sp³-hybridized carbons (Fsp3) is 0.875. The molecule has 0 aliphatic heterocycles. The van der Waals surface area contributed by atoms with Crippen LogP contribution in [0.15, 0.2) is 0 Å². The van der Waals surface area contributed by atoms with Crippen LogP contribution >= 0.6 is 0 Å². The maximum atomic E-state index is 13.9. The lowest BCUT2D eigenvalue weighted by Gasteiger charge is -2.32. The molecule has 0 heterocycles. The maximum Gasteiger partial charge on any atom is 0.347 e. The Balaban J connectivity index is 6.34. The first-order valence-electron chi connectivity index (χ1n) is 23.6. The second-order valence-corrected chi connectivity index (χ2v) is 17.1. The molecule has 58 heavy (non-hydrogen) atoms. The summed E-state index contributed by atoms with van der Waals surface area (Å²) in [6.07, 6.45) is 20.0. The number of ether oxygens (including phenoxy) is 3. The second kappa shape index (κ2) is 30.4. The van der Waals surface area contributed by atoms with Gasteiger partial charge in [-0.1, -0.05) is 178 Å². The predicted octanol–water partition coefficient (Wildman–Crippen LogP) is 12.4. The minimum Gasteiger partial charge on any atom is -0.393 e. The molecule has 0 aliphatic carbocycles. The summed E-state index contributed by atoms with van der Waals surface area (Å²) in [5.41, 5.74) is -5.86. The van der Waals surface area contributed by atoms with Crippen LogP contribution in [0.1, 0.15) is 249 Å². The van der Waals surface area contributed by atoms with Gasteiger partial charge in [-0.2, -0.15) is 0 Å². The van der Waals surface area contributed by atoms with Gasteiger partial charge in [0.2, 0.25) is 0 Å². The zero-order valence-corrected chi connectivity index (χ0v) is 38.6. The Morgan fingerprint density at radius 2 is 0.586 bits per heavy atom. The third-order valence-electron chi connectivity index (χ3n) is 13.2. The molecule has 0 aromatic rings. The zero-order chi connectivity index (χ0) is 44.1. The van der Waals surface area contributed by atoms with E-state index in [0.29, 0.717) is 57.8 Å². The van der Waals surface area contributed by atoms with E-state index in [0.717, 1.165) is 116 Å². The highest BCUT2D eigenvalue weighted by Gasteiger charge is 2.49. The van der Waals surface area contributed by atoms with Crippen molar-refractivity contribution in [1.82, 2.24) is 0 Å². The van der Waals surface area contributed by atoms with E-state index in [9.17, 15) is 33.9 Å². The molecular weight excluding hydrogens is 737 g/mol. The van der Waals surface area contributed by atoms with E-state index in [-0.39, 0.29) is 0 Å². The first-order valence-corrected chi connectivity index (χ1v) is 23.6. The van der Waals surface area contributed by atoms with E-state index in [1.54, 1.807) is 0 Å². The predicted molar refractivity (Wildman–Crippen MR) is 231 cm³/mol. The van der Waals surface area contributed by atoms with Crippen molar-refractivity contribution in [3.63, 3.8) is 0 Å². The smallest absolute Gasteiger partial charge is 0.347 e. The number of aliphatic hydroxyl groups is 1. The van der Waals surface area contributed by atoms with Crippen LogP contribution in [0.5, 0.6) is 0 Å². The van der Waals surface area contributed by atoms with E-state index in [4.69, 9.17) is 14.2 Å². The lowest BCUT2D eigenvalue weighted by molar-refractivity contribution is -0.190. The summed E-state index contributed by atoms with van der Waals surface area (Å²) in [5.74, 6) is -6.38. The number of hydrogen-bond donors (Lipinski definition) is 1. The SMILES string of the molecule is CCCCCCCCC(CC)(CC)C(=O)OC(=O)CC(O)(CC(=O)OC(=O)C(CC)(CC)CCCCCCCC)C(=O)OC(=O)C(CC)(CC)CCCCCCCC. The van der Waals surface area contributed by atoms with Crippen LogP contribution in [-0.4, -0.2) is 46.5 Å². The Morgan fingerprint density at radius 1 is 0.345 bits per heavy atom. The molecule has 338 valence electrons. The molecule has 0 amide bonds. The Kier molecular flexibility index (Phi) is 29.0. The average molecular weight is 823 g/mol.